The number of carbonyl (C=O) groups excluding carboxylic acids is 2. The van der Waals surface area contributed by atoms with Crippen molar-refractivity contribution in [2.45, 2.75) is 51.0 Å². The van der Waals surface area contributed by atoms with Crippen LogP contribution < -0.4 is 15.5 Å². The molecule has 3 aliphatic rings. The van der Waals surface area contributed by atoms with Gasteiger partial charge in [0.15, 0.2) is 0 Å². The Morgan fingerprint density at radius 1 is 1.03 bits per heavy atom. The fourth-order valence-corrected chi connectivity index (χ4v) is 4.79. The van der Waals surface area contributed by atoms with E-state index in [1.165, 1.54) is 44.7 Å². The third-order valence-electron chi connectivity index (χ3n) is 6.48. The molecule has 0 bridgehead atoms. The summed E-state index contributed by atoms with van der Waals surface area (Å²) >= 11 is 0. The van der Waals surface area contributed by atoms with Gasteiger partial charge in [0, 0.05) is 44.8 Å². The summed E-state index contributed by atoms with van der Waals surface area (Å²) < 4.78 is 14.8. The van der Waals surface area contributed by atoms with Crippen LogP contribution in [0.4, 0.5) is 15.8 Å². The first-order valence-electron chi connectivity index (χ1n) is 11.0. The van der Waals surface area contributed by atoms with Gasteiger partial charge in [-0.05, 0) is 43.4 Å². The number of hydrogen-bond acceptors (Lipinski definition) is 5. The van der Waals surface area contributed by atoms with Crippen molar-refractivity contribution in [2.75, 3.05) is 42.9 Å². The van der Waals surface area contributed by atoms with Crippen molar-refractivity contribution in [1.82, 2.24) is 10.2 Å². The lowest BCUT2D eigenvalue weighted by atomic mass is 9.89. The van der Waals surface area contributed by atoms with E-state index in [9.17, 15) is 14.0 Å². The molecule has 4 rings (SSSR count). The molecule has 1 unspecified atom stereocenters. The van der Waals surface area contributed by atoms with Gasteiger partial charge in [0.2, 0.25) is 11.8 Å². The van der Waals surface area contributed by atoms with E-state index in [0.717, 1.165) is 32.1 Å². The zero-order valence-electron chi connectivity index (χ0n) is 17.0. The lowest BCUT2D eigenvalue weighted by Gasteiger charge is -2.38. The summed E-state index contributed by atoms with van der Waals surface area (Å²) in [5.74, 6) is -0.0373. The molecule has 29 heavy (non-hydrogen) atoms. The summed E-state index contributed by atoms with van der Waals surface area (Å²) in [4.78, 5) is 27.8. The number of nitrogens with zero attached hydrogens (tertiary/aromatic N) is 2. The maximum atomic E-state index is 14.8. The number of imide groups is 1. The van der Waals surface area contributed by atoms with Crippen molar-refractivity contribution in [3.05, 3.63) is 24.0 Å². The summed E-state index contributed by atoms with van der Waals surface area (Å²) in [5, 5.41) is 5.36. The highest BCUT2D eigenvalue weighted by Gasteiger charge is 2.27. The second-order valence-electron chi connectivity index (χ2n) is 8.61. The first-order chi connectivity index (χ1) is 14.1. The predicted octanol–water partition coefficient (Wildman–Crippen LogP) is 2.75. The van der Waals surface area contributed by atoms with Crippen LogP contribution in [0.25, 0.3) is 0 Å². The number of rotatable bonds is 5. The minimum Gasteiger partial charge on any atom is -0.374 e. The van der Waals surface area contributed by atoms with Gasteiger partial charge in [-0.3, -0.25) is 19.8 Å². The van der Waals surface area contributed by atoms with Crippen molar-refractivity contribution in [3.63, 3.8) is 0 Å². The van der Waals surface area contributed by atoms with Crippen LogP contribution >= 0.6 is 0 Å². The number of halogens is 1. The molecule has 1 aromatic carbocycles. The highest BCUT2D eigenvalue weighted by atomic mass is 19.1. The van der Waals surface area contributed by atoms with Crippen LogP contribution in [0.2, 0.25) is 0 Å². The third-order valence-corrected chi connectivity index (χ3v) is 6.48. The lowest BCUT2D eigenvalue weighted by molar-refractivity contribution is -0.133. The fraction of sp³-hybridized carbons (Fsp3) is 0.636. The van der Waals surface area contributed by atoms with E-state index in [1.807, 2.05) is 6.07 Å². The van der Waals surface area contributed by atoms with Gasteiger partial charge in [-0.2, -0.15) is 0 Å². The normalized spacial score (nSPS) is 24.4. The number of hydrogen-bond donors (Lipinski definition) is 2. The number of amides is 2. The van der Waals surface area contributed by atoms with E-state index in [-0.39, 0.29) is 17.6 Å². The van der Waals surface area contributed by atoms with Crippen LogP contribution in [0.5, 0.6) is 0 Å². The van der Waals surface area contributed by atoms with E-state index in [2.05, 4.69) is 20.4 Å². The largest absolute Gasteiger partial charge is 0.374 e. The van der Waals surface area contributed by atoms with Gasteiger partial charge in [0.05, 0.1) is 5.69 Å². The Kier molecular flexibility index (Phi) is 6.33. The minimum absolute atomic E-state index is 0.253. The maximum Gasteiger partial charge on any atom is 0.249 e. The Morgan fingerprint density at radius 3 is 2.48 bits per heavy atom. The molecule has 0 spiro atoms. The summed E-state index contributed by atoms with van der Waals surface area (Å²) in [5.41, 5.74) is 1.19. The first-order valence-corrected chi connectivity index (χ1v) is 11.0. The van der Waals surface area contributed by atoms with Gasteiger partial charge >= 0.3 is 0 Å². The molecule has 2 N–H and O–H groups in total. The number of carbonyl (C=O) groups is 2. The Morgan fingerprint density at radius 2 is 1.79 bits per heavy atom. The molecule has 1 aliphatic carbocycles. The molecule has 2 amide bonds. The van der Waals surface area contributed by atoms with E-state index in [4.69, 9.17) is 0 Å². The number of benzene rings is 1. The monoisotopic (exact) mass is 402 g/mol. The minimum atomic E-state index is -0.499. The molecule has 2 aliphatic heterocycles. The summed E-state index contributed by atoms with van der Waals surface area (Å²) in [6, 6.07) is 4.56. The molecule has 1 aromatic rings. The van der Waals surface area contributed by atoms with Gasteiger partial charge in [-0.25, -0.2) is 4.39 Å². The van der Waals surface area contributed by atoms with Crippen LogP contribution in [0.1, 0.15) is 44.9 Å². The van der Waals surface area contributed by atoms with Crippen molar-refractivity contribution in [3.8, 4) is 0 Å². The number of piperazine rings is 1. The van der Waals surface area contributed by atoms with Crippen LogP contribution in [0, 0.1) is 11.7 Å². The van der Waals surface area contributed by atoms with E-state index >= 15 is 0 Å². The molecule has 3 fully saturated rings. The molecule has 2 heterocycles. The summed E-state index contributed by atoms with van der Waals surface area (Å²) in [6.07, 6.45) is 7.57. The highest BCUT2D eigenvalue weighted by Crippen LogP contribution is 2.27. The zero-order chi connectivity index (χ0) is 20.2. The van der Waals surface area contributed by atoms with Gasteiger partial charge in [0.25, 0.3) is 0 Å². The Hall–Kier alpha value is -2.15. The molecule has 7 heteroatoms. The maximum absolute atomic E-state index is 14.8. The molecule has 1 saturated carbocycles. The fourth-order valence-electron chi connectivity index (χ4n) is 4.79. The Bertz CT molecular complexity index is 742. The summed E-state index contributed by atoms with van der Waals surface area (Å²) in [7, 11) is 0. The predicted molar refractivity (Wildman–Crippen MR) is 111 cm³/mol. The number of piperidine rings is 1. The average Bonchev–Trinajstić information content (AvgIpc) is 2.72. The lowest BCUT2D eigenvalue weighted by Crippen LogP contribution is -2.48. The average molecular weight is 403 g/mol. The Labute approximate surface area is 171 Å². The Balaban J connectivity index is 1.30. The van der Waals surface area contributed by atoms with Gasteiger partial charge in [-0.15, -0.1) is 0 Å². The standard InChI is InChI=1S/C22H31FN4O2/c23-18-14-17(24-19-7-9-21(28)25-22(19)29)6-8-20(18)27-12-10-26(11-13-27)15-16-4-2-1-3-5-16/h6,8,14,16,19,24H,1-5,7,9-13,15H2,(H,25,28,29). The molecule has 0 radical (unpaired) electrons. The van der Waals surface area contributed by atoms with Gasteiger partial charge in [0.1, 0.15) is 11.9 Å². The molecule has 0 aromatic heterocycles. The molecule has 158 valence electrons. The van der Waals surface area contributed by atoms with Crippen molar-refractivity contribution in [2.24, 2.45) is 5.92 Å². The van der Waals surface area contributed by atoms with Crippen LogP contribution in [-0.4, -0.2) is 55.5 Å². The molecular formula is C22H31FN4O2. The van der Waals surface area contributed by atoms with Crippen LogP contribution in [0.3, 0.4) is 0 Å². The number of anilines is 2. The number of nitrogens with one attached hydrogen (secondary N) is 2. The van der Waals surface area contributed by atoms with E-state index in [0.29, 0.717) is 24.2 Å². The molecule has 6 nitrogen and oxygen atoms in total. The molecule has 2 saturated heterocycles. The molecule has 1 atom stereocenters. The van der Waals surface area contributed by atoms with Crippen molar-refractivity contribution in [1.29, 1.82) is 0 Å². The van der Waals surface area contributed by atoms with Gasteiger partial charge < -0.3 is 10.2 Å². The van der Waals surface area contributed by atoms with Crippen molar-refractivity contribution < 1.29 is 14.0 Å². The zero-order valence-corrected chi connectivity index (χ0v) is 17.0. The molecular weight excluding hydrogens is 371 g/mol. The first kappa shape index (κ1) is 20.1. The highest BCUT2D eigenvalue weighted by molar-refractivity contribution is 6.01. The van der Waals surface area contributed by atoms with Gasteiger partial charge in [-0.1, -0.05) is 19.3 Å². The smallest absolute Gasteiger partial charge is 0.249 e. The van der Waals surface area contributed by atoms with E-state index < -0.39 is 6.04 Å². The second-order valence-corrected chi connectivity index (χ2v) is 8.61. The third kappa shape index (κ3) is 5.07. The van der Waals surface area contributed by atoms with E-state index in [1.54, 1.807) is 6.07 Å². The van der Waals surface area contributed by atoms with Crippen LogP contribution in [0.15, 0.2) is 18.2 Å². The van der Waals surface area contributed by atoms with Crippen molar-refractivity contribution >= 4 is 23.2 Å². The SMILES string of the molecule is O=C1CCC(Nc2ccc(N3CCN(CC4CCCCC4)CC3)c(F)c2)C(=O)N1. The summed E-state index contributed by atoms with van der Waals surface area (Å²) in [6.45, 7) is 4.82. The topological polar surface area (TPSA) is 64.7 Å². The quantitative estimate of drug-likeness (QED) is 0.742. The second kappa shape index (κ2) is 9.11. The van der Waals surface area contributed by atoms with Crippen LogP contribution in [-0.2, 0) is 9.59 Å².